The molecule has 2 nitrogen and oxygen atoms in total. The first-order chi connectivity index (χ1) is 4.84. The van der Waals surface area contributed by atoms with Crippen LogP contribution in [0.15, 0.2) is 4.99 Å². The Hall–Kier alpha value is -0.280. The Morgan fingerprint density at radius 3 is 3.10 bits per heavy atom. The van der Waals surface area contributed by atoms with Gasteiger partial charge in [0.1, 0.15) is 0 Å². The van der Waals surface area contributed by atoms with Crippen molar-refractivity contribution in [2.24, 2.45) is 16.6 Å². The maximum Gasteiger partial charge on any atom is 0.0388 e. The summed E-state index contributed by atoms with van der Waals surface area (Å²) in [6, 6.07) is 0.0850. The van der Waals surface area contributed by atoms with E-state index in [1.807, 2.05) is 6.21 Å². The van der Waals surface area contributed by atoms with Crippen LogP contribution in [0, 0.1) is 5.92 Å². The maximum atomic E-state index is 5.73. The zero-order valence-corrected chi connectivity index (χ0v) is 6.68. The van der Waals surface area contributed by atoms with E-state index in [4.69, 9.17) is 18.0 Å². The van der Waals surface area contributed by atoms with Crippen LogP contribution in [0.1, 0.15) is 12.8 Å². The highest BCUT2D eigenvalue weighted by molar-refractivity contribution is 7.79. The van der Waals surface area contributed by atoms with Crippen molar-refractivity contribution in [3.8, 4) is 0 Å². The van der Waals surface area contributed by atoms with E-state index in [2.05, 4.69) is 4.99 Å². The van der Waals surface area contributed by atoms with Crippen molar-refractivity contribution in [1.82, 2.24) is 0 Å². The van der Waals surface area contributed by atoms with Gasteiger partial charge < -0.3 is 5.73 Å². The van der Waals surface area contributed by atoms with E-state index < -0.39 is 0 Å². The standard InChI is InChI=1S/C7H12N2S/c8-7(5-10)6-1-3-9-4-2-6/h3,5-7H,1-2,4,8H2. The minimum absolute atomic E-state index is 0.0850. The minimum atomic E-state index is 0.0850. The molecule has 1 aliphatic heterocycles. The molecular formula is C7H12N2S. The van der Waals surface area contributed by atoms with Crippen LogP contribution in [0.3, 0.4) is 0 Å². The smallest absolute Gasteiger partial charge is 0.0388 e. The van der Waals surface area contributed by atoms with Gasteiger partial charge in [0.25, 0.3) is 0 Å². The SMILES string of the molecule is NC(C=S)C1CC=NCC1. The van der Waals surface area contributed by atoms with E-state index in [0.29, 0.717) is 5.92 Å². The molecule has 0 saturated heterocycles. The molecule has 2 unspecified atom stereocenters. The second kappa shape index (κ2) is 3.78. The van der Waals surface area contributed by atoms with Crippen LogP contribution in [0.2, 0.25) is 0 Å². The molecule has 0 amide bonds. The fourth-order valence-corrected chi connectivity index (χ4v) is 1.34. The van der Waals surface area contributed by atoms with Crippen LogP contribution < -0.4 is 5.73 Å². The predicted molar refractivity (Wildman–Crippen MR) is 47.7 cm³/mol. The Balaban J connectivity index is 2.40. The van der Waals surface area contributed by atoms with Gasteiger partial charge in [-0.15, -0.1) is 0 Å². The molecule has 2 atom stereocenters. The molecule has 0 fully saturated rings. The van der Waals surface area contributed by atoms with E-state index in [1.165, 1.54) is 0 Å². The molecule has 2 N–H and O–H groups in total. The Kier molecular flexibility index (Phi) is 2.96. The van der Waals surface area contributed by atoms with Gasteiger partial charge in [0.05, 0.1) is 0 Å². The highest BCUT2D eigenvalue weighted by Crippen LogP contribution is 2.13. The zero-order valence-electron chi connectivity index (χ0n) is 5.86. The molecule has 0 bridgehead atoms. The molecule has 0 radical (unpaired) electrons. The van der Waals surface area contributed by atoms with Crippen molar-refractivity contribution in [2.45, 2.75) is 18.9 Å². The molecule has 0 aromatic carbocycles. The van der Waals surface area contributed by atoms with E-state index in [-0.39, 0.29) is 6.04 Å². The van der Waals surface area contributed by atoms with Crippen molar-refractivity contribution in [3.63, 3.8) is 0 Å². The van der Waals surface area contributed by atoms with Crippen LogP contribution in [-0.2, 0) is 0 Å². The molecule has 0 spiro atoms. The molecule has 1 aliphatic rings. The lowest BCUT2D eigenvalue weighted by Gasteiger charge is -2.20. The third kappa shape index (κ3) is 1.85. The van der Waals surface area contributed by atoms with Gasteiger partial charge in [0.15, 0.2) is 0 Å². The van der Waals surface area contributed by atoms with Crippen molar-refractivity contribution < 1.29 is 0 Å². The number of rotatable bonds is 2. The molecule has 1 rings (SSSR count). The summed E-state index contributed by atoms with van der Waals surface area (Å²) in [5.41, 5.74) is 5.73. The van der Waals surface area contributed by atoms with Crippen molar-refractivity contribution >= 4 is 23.8 Å². The Morgan fingerprint density at radius 1 is 1.80 bits per heavy atom. The zero-order chi connectivity index (χ0) is 7.40. The molecule has 3 heteroatoms. The van der Waals surface area contributed by atoms with Crippen LogP contribution >= 0.6 is 12.2 Å². The monoisotopic (exact) mass is 156 g/mol. The first-order valence-corrected chi connectivity index (χ1v) is 4.01. The van der Waals surface area contributed by atoms with Gasteiger partial charge >= 0.3 is 0 Å². The van der Waals surface area contributed by atoms with E-state index >= 15 is 0 Å². The highest BCUT2D eigenvalue weighted by atomic mass is 32.1. The summed E-state index contributed by atoms with van der Waals surface area (Å²) in [5, 5.41) is 1.66. The first kappa shape index (κ1) is 7.82. The maximum absolute atomic E-state index is 5.73. The van der Waals surface area contributed by atoms with Crippen molar-refractivity contribution in [1.29, 1.82) is 0 Å². The second-order valence-corrected chi connectivity index (χ2v) is 2.86. The van der Waals surface area contributed by atoms with Gasteiger partial charge in [-0.2, -0.15) is 0 Å². The summed E-state index contributed by atoms with van der Waals surface area (Å²) >= 11 is 4.76. The summed E-state index contributed by atoms with van der Waals surface area (Å²) < 4.78 is 0. The minimum Gasteiger partial charge on any atom is -0.324 e. The number of hydrogen-bond acceptors (Lipinski definition) is 3. The van der Waals surface area contributed by atoms with Crippen LogP contribution in [0.5, 0.6) is 0 Å². The van der Waals surface area contributed by atoms with E-state index in [1.54, 1.807) is 5.37 Å². The van der Waals surface area contributed by atoms with Crippen molar-refractivity contribution in [2.75, 3.05) is 6.54 Å². The van der Waals surface area contributed by atoms with Gasteiger partial charge in [0.2, 0.25) is 0 Å². The predicted octanol–water partition coefficient (Wildman–Crippen LogP) is 0.794. The molecular weight excluding hydrogens is 144 g/mol. The summed E-state index contributed by atoms with van der Waals surface area (Å²) in [6.45, 7) is 0.918. The molecule has 56 valence electrons. The van der Waals surface area contributed by atoms with Crippen LogP contribution in [-0.4, -0.2) is 24.2 Å². The number of nitrogens with zero attached hydrogens (tertiary/aromatic N) is 1. The van der Waals surface area contributed by atoms with Gasteiger partial charge in [-0.25, -0.2) is 0 Å². The average Bonchev–Trinajstić information content (AvgIpc) is 2.05. The van der Waals surface area contributed by atoms with Gasteiger partial charge in [-0.05, 0) is 30.3 Å². The summed E-state index contributed by atoms with van der Waals surface area (Å²) in [6.07, 6.45) is 4.03. The van der Waals surface area contributed by atoms with Crippen molar-refractivity contribution in [3.05, 3.63) is 0 Å². The number of hydrogen-bond donors (Lipinski definition) is 1. The molecule has 10 heavy (non-hydrogen) atoms. The topological polar surface area (TPSA) is 38.4 Å². The summed E-state index contributed by atoms with van der Waals surface area (Å²) in [7, 11) is 0. The fraction of sp³-hybridized carbons (Fsp3) is 0.714. The molecule has 0 aliphatic carbocycles. The lowest BCUT2D eigenvalue weighted by molar-refractivity contribution is 0.473. The van der Waals surface area contributed by atoms with E-state index in [9.17, 15) is 0 Å². The lowest BCUT2D eigenvalue weighted by atomic mass is 9.93. The van der Waals surface area contributed by atoms with Gasteiger partial charge in [0, 0.05) is 12.6 Å². The number of aliphatic imine (C=N–C) groups is 1. The number of thiocarbonyl (C=S) groups is 1. The largest absolute Gasteiger partial charge is 0.324 e. The quantitative estimate of drug-likeness (QED) is 0.600. The van der Waals surface area contributed by atoms with Gasteiger partial charge in [-0.1, -0.05) is 12.2 Å². The summed E-state index contributed by atoms with van der Waals surface area (Å²) in [5.74, 6) is 0.537. The molecule has 0 aromatic heterocycles. The Labute approximate surface area is 66.5 Å². The summed E-state index contributed by atoms with van der Waals surface area (Å²) in [4.78, 5) is 4.12. The highest BCUT2D eigenvalue weighted by Gasteiger charge is 2.15. The molecule has 0 aromatic rings. The number of nitrogens with two attached hydrogens (primary N) is 1. The van der Waals surface area contributed by atoms with Crippen LogP contribution in [0.25, 0.3) is 0 Å². The normalized spacial score (nSPS) is 27.9. The third-order valence-corrected chi connectivity index (χ3v) is 2.18. The Bertz CT molecular complexity index is 145. The van der Waals surface area contributed by atoms with Crippen LogP contribution in [0.4, 0.5) is 0 Å². The Morgan fingerprint density at radius 2 is 2.60 bits per heavy atom. The second-order valence-electron chi connectivity index (χ2n) is 2.59. The fourth-order valence-electron chi connectivity index (χ4n) is 1.12. The lowest BCUT2D eigenvalue weighted by Crippen LogP contribution is -2.32. The first-order valence-electron chi connectivity index (χ1n) is 3.53. The van der Waals surface area contributed by atoms with Gasteiger partial charge in [-0.3, -0.25) is 4.99 Å². The molecule has 1 heterocycles. The average molecular weight is 156 g/mol. The van der Waals surface area contributed by atoms with E-state index in [0.717, 1.165) is 19.4 Å². The molecule has 0 saturated carbocycles. The third-order valence-electron chi connectivity index (χ3n) is 1.87.